The highest BCUT2D eigenvalue weighted by atomic mass is 16.5. The van der Waals surface area contributed by atoms with Gasteiger partial charge in [-0.2, -0.15) is 0 Å². The van der Waals surface area contributed by atoms with Crippen molar-refractivity contribution in [1.29, 1.82) is 0 Å². The summed E-state index contributed by atoms with van der Waals surface area (Å²) in [6.45, 7) is 12.1. The lowest BCUT2D eigenvalue weighted by atomic mass is 9.89. The Bertz CT molecular complexity index is 919. The molecule has 0 spiro atoms. The first-order valence-corrected chi connectivity index (χ1v) is 10.5. The predicted molar refractivity (Wildman–Crippen MR) is 119 cm³/mol. The van der Waals surface area contributed by atoms with Crippen LogP contribution in [0.4, 0.5) is 0 Å². The number of ether oxygens (including phenoxy) is 3. The van der Waals surface area contributed by atoms with Crippen molar-refractivity contribution in [2.75, 3.05) is 7.11 Å². The lowest BCUT2D eigenvalue weighted by molar-refractivity contribution is -0.128. The number of carbonyl (C=O) groups excluding carboxylic acids is 1. The van der Waals surface area contributed by atoms with Crippen LogP contribution in [-0.2, 0) is 4.79 Å². The molecule has 1 N–H and O–H groups in total. The Balaban J connectivity index is 1.80. The number of hydrogen-bond acceptors (Lipinski definition) is 4. The van der Waals surface area contributed by atoms with Crippen LogP contribution >= 0.6 is 0 Å². The Morgan fingerprint density at radius 3 is 2.57 bits per heavy atom. The molecule has 2 atom stereocenters. The predicted octanol–water partition coefficient (Wildman–Crippen LogP) is 5.31. The van der Waals surface area contributed by atoms with Crippen molar-refractivity contribution in [3.8, 4) is 17.2 Å². The first kappa shape index (κ1) is 22.0. The third-order valence-corrected chi connectivity index (χ3v) is 5.45. The fourth-order valence-electron chi connectivity index (χ4n) is 3.84. The number of carbonyl (C=O) groups is 1. The number of hydrogen-bond donors (Lipinski definition) is 1. The number of aryl methyl sites for hydroxylation is 1. The second-order valence-corrected chi connectivity index (χ2v) is 8.99. The molecule has 0 saturated carbocycles. The van der Waals surface area contributed by atoms with E-state index in [9.17, 15) is 4.79 Å². The van der Waals surface area contributed by atoms with Gasteiger partial charge >= 0.3 is 0 Å². The van der Waals surface area contributed by atoms with Gasteiger partial charge in [-0.3, -0.25) is 4.79 Å². The molecule has 0 bridgehead atoms. The van der Waals surface area contributed by atoms with Gasteiger partial charge in [-0.1, -0.05) is 26.0 Å². The van der Waals surface area contributed by atoms with Gasteiger partial charge in [-0.15, -0.1) is 0 Å². The van der Waals surface area contributed by atoms with Crippen LogP contribution in [0.2, 0.25) is 0 Å². The minimum absolute atomic E-state index is 0.150. The lowest BCUT2D eigenvalue weighted by Gasteiger charge is -2.38. The Kier molecular flexibility index (Phi) is 6.30. The van der Waals surface area contributed by atoms with Gasteiger partial charge in [0.15, 0.2) is 6.10 Å². The molecule has 1 heterocycles. The number of methoxy groups -OCH3 is 1. The monoisotopic (exact) mass is 411 g/mol. The molecule has 0 unspecified atom stereocenters. The van der Waals surface area contributed by atoms with E-state index in [2.05, 4.69) is 31.3 Å². The second-order valence-electron chi connectivity index (χ2n) is 8.99. The Morgan fingerprint density at radius 2 is 1.90 bits per heavy atom. The van der Waals surface area contributed by atoms with Crippen LogP contribution in [0.5, 0.6) is 17.2 Å². The van der Waals surface area contributed by atoms with Gasteiger partial charge in [-0.05, 0) is 69.0 Å². The van der Waals surface area contributed by atoms with E-state index in [4.69, 9.17) is 14.2 Å². The summed E-state index contributed by atoms with van der Waals surface area (Å²) in [6.07, 6.45) is 0.0390. The van der Waals surface area contributed by atoms with E-state index < -0.39 is 6.10 Å². The van der Waals surface area contributed by atoms with Crippen molar-refractivity contribution >= 4 is 5.91 Å². The molecule has 30 heavy (non-hydrogen) atoms. The first-order chi connectivity index (χ1) is 14.1. The van der Waals surface area contributed by atoms with E-state index in [0.29, 0.717) is 12.3 Å². The van der Waals surface area contributed by atoms with Crippen LogP contribution in [0.25, 0.3) is 0 Å². The highest BCUT2D eigenvalue weighted by Crippen LogP contribution is 2.41. The quantitative estimate of drug-likeness (QED) is 0.700. The number of amides is 1. The molecule has 0 aromatic heterocycles. The fourth-order valence-corrected chi connectivity index (χ4v) is 3.84. The van der Waals surface area contributed by atoms with E-state index in [1.165, 1.54) is 0 Å². The molecular weight excluding hydrogens is 378 g/mol. The molecule has 162 valence electrons. The molecule has 1 aliphatic heterocycles. The van der Waals surface area contributed by atoms with Gasteiger partial charge < -0.3 is 19.5 Å². The fraction of sp³-hybridized carbons (Fsp3) is 0.480. The van der Waals surface area contributed by atoms with Gasteiger partial charge in [0, 0.05) is 12.0 Å². The van der Waals surface area contributed by atoms with Gasteiger partial charge in [0.1, 0.15) is 22.8 Å². The van der Waals surface area contributed by atoms with Gasteiger partial charge in [0.2, 0.25) is 0 Å². The Morgan fingerprint density at radius 1 is 1.17 bits per heavy atom. The molecule has 2 aromatic rings. The normalized spacial score (nSPS) is 18.2. The van der Waals surface area contributed by atoms with Gasteiger partial charge in [0.05, 0.1) is 13.2 Å². The van der Waals surface area contributed by atoms with Crippen LogP contribution in [-0.4, -0.2) is 24.7 Å². The van der Waals surface area contributed by atoms with Crippen molar-refractivity contribution in [1.82, 2.24) is 5.32 Å². The van der Waals surface area contributed by atoms with Crippen molar-refractivity contribution in [3.05, 3.63) is 53.1 Å². The molecule has 5 heteroatoms. The van der Waals surface area contributed by atoms with E-state index in [1.54, 1.807) is 14.0 Å². The summed E-state index contributed by atoms with van der Waals surface area (Å²) in [5, 5.41) is 3.17. The highest BCUT2D eigenvalue weighted by molar-refractivity contribution is 5.81. The second kappa shape index (κ2) is 8.58. The van der Waals surface area contributed by atoms with E-state index >= 15 is 0 Å². The van der Waals surface area contributed by atoms with Crippen molar-refractivity contribution in [3.63, 3.8) is 0 Å². The smallest absolute Gasteiger partial charge is 0.261 e. The molecule has 0 radical (unpaired) electrons. The summed E-state index contributed by atoms with van der Waals surface area (Å²) in [7, 11) is 1.63. The summed E-state index contributed by atoms with van der Waals surface area (Å²) in [5.41, 5.74) is 2.75. The maximum absolute atomic E-state index is 13.0. The third-order valence-electron chi connectivity index (χ3n) is 5.45. The topological polar surface area (TPSA) is 56.8 Å². The molecule has 5 nitrogen and oxygen atoms in total. The van der Waals surface area contributed by atoms with Crippen LogP contribution < -0.4 is 19.5 Å². The average Bonchev–Trinajstić information content (AvgIpc) is 2.66. The first-order valence-electron chi connectivity index (χ1n) is 10.5. The van der Waals surface area contributed by atoms with Gasteiger partial charge in [0.25, 0.3) is 5.91 Å². The largest absolute Gasteiger partial charge is 0.497 e. The number of nitrogens with one attached hydrogen (secondary N) is 1. The van der Waals surface area contributed by atoms with Crippen molar-refractivity contribution in [2.24, 2.45) is 0 Å². The molecule has 0 fully saturated rings. The Labute approximate surface area is 179 Å². The molecule has 0 saturated heterocycles. The molecular formula is C25H33NO4. The van der Waals surface area contributed by atoms with E-state index in [0.717, 1.165) is 33.9 Å². The van der Waals surface area contributed by atoms with Crippen LogP contribution in [0.1, 0.15) is 69.7 Å². The van der Waals surface area contributed by atoms with Crippen molar-refractivity contribution in [2.45, 2.75) is 71.6 Å². The molecule has 0 aliphatic carbocycles. The summed E-state index contributed by atoms with van der Waals surface area (Å²) in [6, 6.07) is 11.7. The minimum Gasteiger partial charge on any atom is -0.497 e. The standard InChI is InChI=1S/C25H33NO4/c1-15(2)19-10-8-16(3)12-23(19)29-17(4)24(27)26-21-14-25(5,6)30-22-11-9-18(28-7)13-20(21)22/h8-13,15,17,21H,14H2,1-7H3,(H,26,27)/t17-,21-/m1/s1. The summed E-state index contributed by atoms with van der Waals surface area (Å²) in [5.74, 6) is 2.44. The third kappa shape index (κ3) is 4.89. The van der Waals surface area contributed by atoms with Crippen LogP contribution in [0, 0.1) is 6.92 Å². The number of benzene rings is 2. The summed E-state index contributed by atoms with van der Waals surface area (Å²) in [4.78, 5) is 13.0. The van der Waals surface area contributed by atoms with Crippen LogP contribution in [0.15, 0.2) is 36.4 Å². The lowest BCUT2D eigenvalue weighted by Crippen LogP contribution is -2.44. The molecule has 1 amide bonds. The molecule has 1 aliphatic rings. The highest BCUT2D eigenvalue weighted by Gasteiger charge is 2.35. The minimum atomic E-state index is -0.621. The van der Waals surface area contributed by atoms with Gasteiger partial charge in [-0.25, -0.2) is 0 Å². The zero-order valence-corrected chi connectivity index (χ0v) is 19.0. The zero-order chi connectivity index (χ0) is 22.1. The van der Waals surface area contributed by atoms with Crippen LogP contribution in [0.3, 0.4) is 0 Å². The molecule has 2 aromatic carbocycles. The zero-order valence-electron chi connectivity index (χ0n) is 19.0. The van der Waals surface area contributed by atoms with Crippen molar-refractivity contribution < 1.29 is 19.0 Å². The number of fused-ring (bicyclic) bond motifs is 1. The number of rotatable bonds is 6. The maximum Gasteiger partial charge on any atom is 0.261 e. The Hall–Kier alpha value is -2.69. The average molecular weight is 412 g/mol. The van der Waals surface area contributed by atoms with E-state index in [1.807, 2.05) is 45.0 Å². The maximum atomic E-state index is 13.0. The van der Waals surface area contributed by atoms with E-state index in [-0.39, 0.29) is 17.6 Å². The summed E-state index contributed by atoms with van der Waals surface area (Å²) < 4.78 is 17.6. The summed E-state index contributed by atoms with van der Waals surface area (Å²) >= 11 is 0. The molecule has 3 rings (SSSR count). The SMILES string of the molecule is COc1ccc2c(c1)[C@H](NC(=O)[C@@H](C)Oc1cc(C)ccc1C(C)C)CC(C)(C)O2.